The Labute approximate surface area is 191 Å². The first-order valence-electron chi connectivity index (χ1n) is 12.3. The standard InChI is InChI=1S/C25H40O7/c1-7-8-18(26)31-24(4)11-9-15-14(2)22(27)32-25(5)12-10-17(29-6)23(3,28)13-16-20(24)19(15)21(25)30-16/h14-17,19-21,28H,7-13H2,1-6H3/t14?,15?,16?,17?,19?,20?,21?,23-,24-,25+/m1/s1. The Kier molecular flexibility index (Phi) is 6.17. The first-order chi connectivity index (χ1) is 15.0. The summed E-state index contributed by atoms with van der Waals surface area (Å²) in [6, 6.07) is 0. The largest absolute Gasteiger partial charge is 0.459 e. The lowest BCUT2D eigenvalue weighted by molar-refractivity contribution is -0.183. The van der Waals surface area contributed by atoms with Crippen molar-refractivity contribution in [2.45, 2.75) is 115 Å². The number of hydrogen-bond donors (Lipinski definition) is 1. The van der Waals surface area contributed by atoms with Crippen LogP contribution in [0, 0.1) is 23.7 Å². The van der Waals surface area contributed by atoms with Gasteiger partial charge >= 0.3 is 11.9 Å². The van der Waals surface area contributed by atoms with Gasteiger partial charge in [-0.1, -0.05) is 13.8 Å². The van der Waals surface area contributed by atoms with Crippen molar-refractivity contribution in [1.82, 2.24) is 0 Å². The lowest BCUT2D eigenvalue weighted by Crippen LogP contribution is -2.56. The Morgan fingerprint density at radius 1 is 1.22 bits per heavy atom. The fourth-order valence-corrected chi connectivity index (χ4v) is 7.24. The van der Waals surface area contributed by atoms with Gasteiger partial charge in [0.05, 0.1) is 23.7 Å². The molecular weight excluding hydrogens is 412 g/mol. The number of fused-ring (bicyclic) bond motifs is 2. The normalized spacial score (nSPS) is 50.5. The van der Waals surface area contributed by atoms with Crippen LogP contribution in [0.5, 0.6) is 0 Å². The molecule has 4 rings (SSSR count). The van der Waals surface area contributed by atoms with E-state index in [-0.39, 0.29) is 47.8 Å². The second-order valence-electron chi connectivity index (χ2n) is 11.3. The van der Waals surface area contributed by atoms with Crippen molar-refractivity contribution in [2.24, 2.45) is 23.7 Å². The number of hydrogen-bond acceptors (Lipinski definition) is 7. The van der Waals surface area contributed by atoms with E-state index in [1.165, 1.54) is 0 Å². The second kappa shape index (κ2) is 8.24. The van der Waals surface area contributed by atoms with E-state index in [0.29, 0.717) is 32.1 Å². The molecule has 0 aromatic rings. The van der Waals surface area contributed by atoms with Crippen LogP contribution in [0.15, 0.2) is 0 Å². The highest BCUT2D eigenvalue weighted by atomic mass is 16.6. The molecule has 7 unspecified atom stereocenters. The van der Waals surface area contributed by atoms with Crippen molar-refractivity contribution in [3.8, 4) is 0 Å². The Hall–Kier alpha value is -1.18. The van der Waals surface area contributed by atoms with Gasteiger partial charge < -0.3 is 24.1 Å². The van der Waals surface area contributed by atoms with E-state index >= 15 is 0 Å². The van der Waals surface area contributed by atoms with E-state index in [1.807, 2.05) is 27.7 Å². The molecule has 3 aliphatic heterocycles. The van der Waals surface area contributed by atoms with Gasteiger partial charge in [-0.2, -0.15) is 0 Å². The minimum Gasteiger partial charge on any atom is -0.459 e. The molecule has 0 radical (unpaired) electrons. The molecular formula is C25H40O7. The lowest BCUT2D eigenvalue weighted by atomic mass is 9.57. The molecule has 1 saturated carbocycles. The molecule has 2 bridgehead atoms. The molecule has 182 valence electrons. The van der Waals surface area contributed by atoms with Crippen LogP contribution in [-0.2, 0) is 28.5 Å². The monoisotopic (exact) mass is 452 g/mol. The maximum Gasteiger partial charge on any atom is 0.309 e. The van der Waals surface area contributed by atoms with Crippen LogP contribution >= 0.6 is 0 Å². The topological polar surface area (TPSA) is 91.3 Å². The zero-order chi connectivity index (χ0) is 23.5. The van der Waals surface area contributed by atoms with Gasteiger partial charge in [-0.05, 0) is 58.8 Å². The average molecular weight is 453 g/mol. The number of ether oxygens (including phenoxy) is 4. The summed E-state index contributed by atoms with van der Waals surface area (Å²) in [7, 11) is 1.61. The maximum absolute atomic E-state index is 13.1. The minimum atomic E-state index is -1.12. The average Bonchev–Trinajstić information content (AvgIpc) is 3.06. The number of esters is 2. The number of aliphatic hydroxyl groups is 1. The van der Waals surface area contributed by atoms with Gasteiger partial charge in [-0.15, -0.1) is 0 Å². The van der Waals surface area contributed by atoms with Gasteiger partial charge in [0.2, 0.25) is 0 Å². The van der Waals surface area contributed by atoms with Gasteiger partial charge in [0.1, 0.15) is 17.3 Å². The van der Waals surface area contributed by atoms with E-state index in [1.54, 1.807) is 14.0 Å². The van der Waals surface area contributed by atoms with Gasteiger partial charge in [-0.3, -0.25) is 9.59 Å². The molecule has 3 saturated heterocycles. The first-order valence-corrected chi connectivity index (χ1v) is 12.3. The van der Waals surface area contributed by atoms with Crippen LogP contribution in [-0.4, -0.2) is 59.3 Å². The predicted molar refractivity (Wildman–Crippen MR) is 117 cm³/mol. The molecule has 32 heavy (non-hydrogen) atoms. The number of methoxy groups -OCH3 is 1. The molecule has 7 heteroatoms. The molecule has 0 aromatic carbocycles. The Bertz CT molecular complexity index is 751. The summed E-state index contributed by atoms with van der Waals surface area (Å²) in [6.07, 6.45) is 3.04. The van der Waals surface area contributed by atoms with Gasteiger partial charge in [0, 0.05) is 31.8 Å². The molecule has 4 fully saturated rings. The summed E-state index contributed by atoms with van der Waals surface area (Å²) in [6.45, 7) is 9.70. The van der Waals surface area contributed by atoms with Crippen LogP contribution in [0.2, 0.25) is 0 Å². The number of carbonyl (C=O) groups is 2. The molecule has 4 aliphatic rings. The van der Waals surface area contributed by atoms with E-state index in [9.17, 15) is 14.7 Å². The van der Waals surface area contributed by atoms with E-state index in [4.69, 9.17) is 18.9 Å². The summed E-state index contributed by atoms with van der Waals surface area (Å²) in [5, 5.41) is 11.4. The third-order valence-electron chi connectivity index (χ3n) is 8.91. The molecule has 3 heterocycles. The number of rotatable bonds is 4. The molecule has 0 amide bonds. The summed E-state index contributed by atoms with van der Waals surface area (Å²) in [5.74, 6) is -0.618. The quantitative estimate of drug-likeness (QED) is 0.654. The van der Waals surface area contributed by atoms with Crippen molar-refractivity contribution in [3.63, 3.8) is 0 Å². The smallest absolute Gasteiger partial charge is 0.309 e. The molecule has 1 aliphatic carbocycles. The van der Waals surface area contributed by atoms with E-state index in [0.717, 1.165) is 12.8 Å². The summed E-state index contributed by atoms with van der Waals surface area (Å²) < 4.78 is 24.7. The van der Waals surface area contributed by atoms with E-state index < -0.39 is 22.9 Å². The van der Waals surface area contributed by atoms with Crippen molar-refractivity contribution in [1.29, 1.82) is 0 Å². The van der Waals surface area contributed by atoms with Crippen LogP contribution in [0.4, 0.5) is 0 Å². The second-order valence-corrected chi connectivity index (χ2v) is 11.3. The Balaban J connectivity index is 1.81. The van der Waals surface area contributed by atoms with Gasteiger partial charge in [-0.25, -0.2) is 0 Å². The highest BCUT2D eigenvalue weighted by Gasteiger charge is 2.67. The molecule has 10 atom stereocenters. The minimum absolute atomic E-state index is 0.0227. The van der Waals surface area contributed by atoms with Gasteiger partial charge in [0.15, 0.2) is 0 Å². The fraction of sp³-hybridized carbons (Fsp3) is 0.920. The molecule has 0 spiro atoms. The van der Waals surface area contributed by atoms with Crippen molar-refractivity contribution in [3.05, 3.63) is 0 Å². The van der Waals surface area contributed by atoms with Crippen LogP contribution < -0.4 is 0 Å². The molecule has 1 N–H and O–H groups in total. The highest BCUT2D eigenvalue weighted by Crippen LogP contribution is 2.60. The van der Waals surface area contributed by atoms with Crippen molar-refractivity contribution in [2.75, 3.05) is 7.11 Å². The number of carbonyl (C=O) groups excluding carboxylic acids is 2. The maximum atomic E-state index is 13.1. The Morgan fingerprint density at radius 2 is 1.94 bits per heavy atom. The van der Waals surface area contributed by atoms with Crippen molar-refractivity contribution >= 4 is 11.9 Å². The third-order valence-corrected chi connectivity index (χ3v) is 8.91. The van der Waals surface area contributed by atoms with Crippen LogP contribution in [0.25, 0.3) is 0 Å². The van der Waals surface area contributed by atoms with E-state index in [2.05, 4.69) is 0 Å². The Morgan fingerprint density at radius 3 is 2.59 bits per heavy atom. The van der Waals surface area contributed by atoms with Crippen LogP contribution in [0.3, 0.4) is 0 Å². The predicted octanol–water partition coefficient (Wildman–Crippen LogP) is 3.40. The highest BCUT2D eigenvalue weighted by molar-refractivity contribution is 5.73. The SMILES string of the molecule is CCCC(=O)O[C@]1(C)CCC2C(C)C(=O)O[C@@]3(C)CCC(OC)[C@](C)(O)CC4OC3C2C41. The summed E-state index contributed by atoms with van der Waals surface area (Å²) >= 11 is 0. The first kappa shape index (κ1) is 24.0. The molecule has 0 aromatic heterocycles. The van der Waals surface area contributed by atoms with Crippen molar-refractivity contribution < 1.29 is 33.6 Å². The summed E-state index contributed by atoms with van der Waals surface area (Å²) in [5.41, 5.74) is -2.64. The van der Waals surface area contributed by atoms with Gasteiger partial charge in [0.25, 0.3) is 0 Å². The fourth-order valence-electron chi connectivity index (χ4n) is 7.24. The zero-order valence-electron chi connectivity index (χ0n) is 20.4. The van der Waals surface area contributed by atoms with Crippen LogP contribution in [0.1, 0.15) is 79.6 Å². The third kappa shape index (κ3) is 3.78. The molecule has 7 nitrogen and oxygen atoms in total. The summed E-state index contributed by atoms with van der Waals surface area (Å²) in [4.78, 5) is 25.7. The lowest BCUT2D eigenvalue weighted by Gasteiger charge is -2.49. The zero-order valence-corrected chi connectivity index (χ0v) is 20.4.